The Hall–Kier alpha value is -3.19. The second kappa shape index (κ2) is 9.36. The Morgan fingerprint density at radius 2 is 1.83 bits per heavy atom. The molecule has 3 N–H and O–H groups in total. The van der Waals surface area contributed by atoms with Crippen molar-refractivity contribution in [2.45, 2.75) is 97.0 Å². The molecular weight excluding hydrogens is 474 g/mol. The third-order valence-corrected chi connectivity index (χ3v) is 5.80. The van der Waals surface area contributed by atoms with E-state index in [1.165, 1.54) is 22.6 Å². The number of carbonyl (C=O) groups is 2. The number of morpholine rings is 1. The van der Waals surface area contributed by atoms with Crippen molar-refractivity contribution in [1.29, 1.82) is 0 Å². The summed E-state index contributed by atoms with van der Waals surface area (Å²) < 4.78 is 18.0. The zero-order chi connectivity index (χ0) is 27.2. The number of fused-ring (bicyclic) bond motifs is 2. The van der Waals surface area contributed by atoms with Crippen LogP contribution >= 0.6 is 0 Å². The molecule has 4 atom stereocenters. The average Bonchev–Trinajstić information content (AvgIpc) is 3.15. The predicted molar refractivity (Wildman–Crippen MR) is 129 cm³/mol. The van der Waals surface area contributed by atoms with E-state index in [9.17, 15) is 24.3 Å². The van der Waals surface area contributed by atoms with Gasteiger partial charge in [0.2, 0.25) is 5.96 Å². The number of aryl methyl sites for hydroxylation is 1. The number of nitrogens with one attached hydrogen (secondary N) is 2. The van der Waals surface area contributed by atoms with E-state index in [0.29, 0.717) is 6.42 Å². The van der Waals surface area contributed by atoms with Gasteiger partial charge in [-0.15, -0.1) is 4.99 Å². The van der Waals surface area contributed by atoms with Gasteiger partial charge in [0.25, 0.3) is 5.56 Å². The molecule has 0 aliphatic carbocycles. The van der Waals surface area contributed by atoms with E-state index >= 15 is 0 Å². The Kier molecular flexibility index (Phi) is 7.12. The molecule has 13 nitrogen and oxygen atoms in total. The number of nitrogens with zero attached hydrogens (tertiary/aromatic N) is 3. The van der Waals surface area contributed by atoms with Crippen LogP contribution in [-0.4, -0.2) is 73.2 Å². The number of hydrogen-bond donors (Lipinski definition) is 3. The monoisotopic (exact) mass is 509 g/mol. The van der Waals surface area contributed by atoms with E-state index in [1.54, 1.807) is 48.5 Å². The third kappa shape index (κ3) is 5.62. The van der Waals surface area contributed by atoms with Gasteiger partial charge >= 0.3 is 17.9 Å². The largest absolute Gasteiger partial charge is 0.444 e. The van der Waals surface area contributed by atoms with E-state index in [0.717, 1.165) is 0 Å². The number of aliphatic hydroxyl groups is 1. The first-order chi connectivity index (χ1) is 16.5. The summed E-state index contributed by atoms with van der Waals surface area (Å²) in [6.07, 6.45) is -2.32. The lowest BCUT2D eigenvalue weighted by atomic mass is 9.96. The van der Waals surface area contributed by atoms with Gasteiger partial charge in [-0.3, -0.25) is 19.7 Å². The molecule has 2 saturated heterocycles. The van der Waals surface area contributed by atoms with Gasteiger partial charge in [-0.05, 0) is 54.9 Å². The zero-order valence-electron chi connectivity index (χ0n) is 21.9. The lowest BCUT2D eigenvalue weighted by Crippen LogP contribution is -2.55. The number of guanidine groups is 1. The third-order valence-electron chi connectivity index (χ3n) is 5.80. The summed E-state index contributed by atoms with van der Waals surface area (Å²) in [7, 11) is 0. The summed E-state index contributed by atoms with van der Waals surface area (Å²) in [6.45, 7) is 13.4. The Morgan fingerprint density at radius 3 is 2.36 bits per heavy atom. The van der Waals surface area contributed by atoms with Crippen LogP contribution in [0.4, 0.5) is 9.59 Å². The number of likely N-dealkylation sites (tertiary alicyclic amines) is 1. The maximum atomic E-state index is 12.6. The first-order valence-electron chi connectivity index (χ1n) is 11.7. The molecule has 1 aromatic rings. The number of aliphatic imine (C=N–C) groups is 1. The van der Waals surface area contributed by atoms with E-state index in [2.05, 4.69) is 15.3 Å². The van der Waals surface area contributed by atoms with Crippen LogP contribution in [0.3, 0.4) is 0 Å². The van der Waals surface area contributed by atoms with Gasteiger partial charge in [-0.25, -0.2) is 14.4 Å². The molecule has 2 amide bonds. The molecule has 3 rings (SSSR count). The van der Waals surface area contributed by atoms with E-state index in [4.69, 9.17) is 14.2 Å². The predicted octanol–water partition coefficient (Wildman–Crippen LogP) is 1.38. The van der Waals surface area contributed by atoms with Crippen molar-refractivity contribution in [3.8, 4) is 0 Å². The lowest BCUT2D eigenvalue weighted by molar-refractivity contribution is -0.128. The van der Waals surface area contributed by atoms with Crippen LogP contribution < -0.4 is 16.6 Å². The number of ether oxygens (including phenoxy) is 3. The highest BCUT2D eigenvalue weighted by molar-refractivity contribution is 5.99. The van der Waals surface area contributed by atoms with Gasteiger partial charge in [0.1, 0.15) is 28.9 Å². The van der Waals surface area contributed by atoms with E-state index < -0.39 is 58.6 Å². The molecule has 1 aromatic heterocycles. The van der Waals surface area contributed by atoms with Crippen LogP contribution in [0.15, 0.2) is 20.8 Å². The first kappa shape index (κ1) is 27.4. The van der Waals surface area contributed by atoms with Gasteiger partial charge < -0.3 is 24.2 Å². The highest BCUT2D eigenvalue weighted by Gasteiger charge is 2.64. The Bertz CT molecular complexity index is 1170. The fourth-order valence-corrected chi connectivity index (χ4v) is 4.24. The number of aromatic nitrogens is 2. The van der Waals surface area contributed by atoms with Crippen molar-refractivity contribution >= 4 is 18.1 Å². The van der Waals surface area contributed by atoms with Crippen LogP contribution in [0.5, 0.6) is 0 Å². The number of amides is 2. The molecule has 0 saturated carbocycles. The number of alkyl carbamates (subject to hydrolysis) is 1. The van der Waals surface area contributed by atoms with Crippen LogP contribution in [0, 0.1) is 6.92 Å². The summed E-state index contributed by atoms with van der Waals surface area (Å²) in [5.74, 6) is -0.222. The van der Waals surface area contributed by atoms with Crippen LogP contribution in [0.1, 0.15) is 66.7 Å². The molecule has 2 fully saturated rings. The zero-order valence-corrected chi connectivity index (χ0v) is 21.9. The normalized spacial score (nSPS) is 26.2. The van der Waals surface area contributed by atoms with Crippen molar-refractivity contribution in [3.05, 3.63) is 32.6 Å². The number of aromatic amines is 1. The second-order valence-corrected chi connectivity index (χ2v) is 11.0. The van der Waals surface area contributed by atoms with Crippen molar-refractivity contribution in [2.24, 2.45) is 4.99 Å². The van der Waals surface area contributed by atoms with Crippen molar-refractivity contribution in [2.75, 3.05) is 6.54 Å². The minimum Gasteiger partial charge on any atom is -0.444 e. The molecule has 2 bridgehead atoms. The molecule has 0 aromatic carbocycles. The minimum atomic E-state index is -1.14. The molecule has 1 unspecified atom stereocenters. The molecule has 3 heterocycles. The number of aliphatic hydroxyl groups excluding tert-OH is 1. The maximum Gasteiger partial charge on any atom is 0.437 e. The van der Waals surface area contributed by atoms with Gasteiger partial charge in [0.15, 0.2) is 6.23 Å². The van der Waals surface area contributed by atoms with Crippen molar-refractivity contribution in [1.82, 2.24) is 19.8 Å². The van der Waals surface area contributed by atoms with Crippen molar-refractivity contribution < 1.29 is 28.9 Å². The SMILES string of the molecule is CC[C@]12CN(/C(=N\C(=O)OC(C)(C)C)NC(=O)OC(C)(C)C)[C@@H](C1O)[C@H](n1cc(C)c(=O)[nH]c1=O)O2. The summed E-state index contributed by atoms with van der Waals surface area (Å²) in [5.41, 5.74) is -3.82. The Balaban J connectivity index is 2.06. The first-order valence-corrected chi connectivity index (χ1v) is 11.7. The smallest absolute Gasteiger partial charge is 0.437 e. The van der Waals surface area contributed by atoms with Gasteiger partial charge in [-0.2, -0.15) is 0 Å². The second-order valence-electron chi connectivity index (χ2n) is 11.0. The number of hydrogen-bond acceptors (Lipinski definition) is 8. The topological polar surface area (TPSA) is 165 Å². The van der Waals surface area contributed by atoms with Crippen LogP contribution in [-0.2, 0) is 14.2 Å². The summed E-state index contributed by atoms with van der Waals surface area (Å²) >= 11 is 0. The van der Waals surface area contributed by atoms with Gasteiger partial charge in [-0.1, -0.05) is 6.92 Å². The van der Waals surface area contributed by atoms with E-state index in [1.807, 2.05) is 0 Å². The number of carbonyl (C=O) groups excluding carboxylic acids is 2. The molecule has 0 spiro atoms. The molecule has 0 radical (unpaired) electrons. The van der Waals surface area contributed by atoms with Gasteiger partial charge in [0, 0.05) is 11.8 Å². The molecule has 2 aliphatic rings. The molecule has 200 valence electrons. The molecule has 2 aliphatic heterocycles. The highest BCUT2D eigenvalue weighted by atomic mass is 16.6. The number of H-pyrrole nitrogens is 1. The summed E-state index contributed by atoms with van der Waals surface area (Å²) in [5, 5.41) is 13.7. The van der Waals surface area contributed by atoms with Gasteiger partial charge in [0.05, 0.1) is 6.54 Å². The maximum absolute atomic E-state index is 12.6. The summed E-state index contributed by atoms with van der Waals surface area (Å²) in [4.78, 5) is 57.4. The number of rotatable bonds is 2. The van der Waals surface area contributed by atoms with Crippen LogP contribution in [0.2, 0.25) is 0 Å². The standard InChI is InChI=1S/C23H35N5O8/c1-9-23-11-28(13(14(23)29)16(34-23)27-10-12(2)15(30)24-18(27)31)17(25-19(32)35-21(3,4)5)26-20(33)36-22(6,7)8/h10,13-14,16,29H,9,11H2,1-8H3,(H,24,30,31)(H,25,26,32,33)/t13-,14?,16+,23-/m0/s1. The quantitative estimate of drug-likeness (QED) is 0.394. The molecule has 36 heavy (non-hydrogen) atoms. The molecule has 13 heteroatoms. The van der Waals surface area contributed by atoms with Crippen LogP contribution in [0.25, 0.3) is 0 Å². The molecular formula is C23H35N5O8. The average molecular weight is 510 g/mol. The summed E-state index contributed by atoms with van der Waals surface area (Å²) in [6, 6.07) is -0.941. The minimum absolute atomic E-state index is 0.0559. The van der Waals surface area contributed by atoms with Crippen molar-refractivity contribution in [3.63, 3.8) is 0 Å². The highest BCUT2D eigenvalue weighted by Crippen LogP contribution is 2.47. The fraction of sp³-hybridized carbons (Fsp3) is 0.696. The lowest BCUT2D eigenvalue weighted by Gasteiger charge is -2.38. The fourth-order valence-electron chi connectivity index (χ4n) is 4.24. The Labute approximate surface area is 208 Å². The Morgan fingerprint density at radius 1 is 1.22 bits per heavy atom. The van der Waals surface area contributed by atoms with E-state index in [-0.39, 0.29) is 18.1 Å².